The van der Waals surface area contributed by atoms with Crippen molar-refractivity contribution >= 4 is 17.6 Å². The van der Waals surface area contributed by atoms with Crippen molar-refractivity contribution in [2.24, 2.45) is 0 Å². The van der Waals surface area contributed by atoms with E-state index in [-0.39, 0.29) is 11.6 Å². The van der Waals surface area contributed by atoms with Gasteiger partial charge in [-0.25, -0.2) is 9.18 Å². The molecule has 20 heavy (non-hydrogen) atoms. The normalized spacial score (nSPS) is 12.5. The molecule has 1 rings (SSSR count). The Labute approximate surface area is 123 Å². The fourth-order valence-corrected chi connectivity index (χ4v) is 1.97. The lowest BCUT2D eigenvalue weighted by molar-refractivity contribution is -0.145. The highest BCUT2D eigenvalue weighted by Gasteiger charge is 2.22. The summed E-state index contributed by atoms with van der Waals surface area (Å²) >= 11 is 5.83. The highest BCUT2D eigenvalue weighted by Crippen LogP contribution is 2.21. The third-order valence-corrected chi connectivity index (χ3v) is 2.87. The molecule has 0 saturated heterocycles. The first kappa shape index (κ1) is 16.9. The lowest BCUT2D eigenvalue weighted by Crippen LogP contribution is -2.35. The van der Waals surface area contributed by atoms with Gasteiger partial charge in [-0.3, -0.25) is 5.32 Å². The zero-order valence-electron chi connectivity index (χ0n) is 12.0. The smallest absolute Gasteiger partial charge is 0.327 e. The maximum absolute atomic E-state index is 13.4. The standard InChI is InChI=1S/C14H20ClFN2O2/c1-4-20-14(19)13(17-5-6-18(2)3)10-7-11(15)9-12(16)8-10/h7-9,13,17H,4-6H2,1-3H3. The van der Waals surface area contributed by atoms with E-state index >= 15 is 0 Å². The number of rotatable bonds is 7. The van der Waals surface area contributed by atoms with Crippen molar-refractivity contribution in [3.63, 3.8) is 0 Å². The van der Waals surface area contributed by atoms with Gasteiger partial charge in [0.15, 0.2) is 0 Å². The van der Waals surface area contributed by atoms with Crippen molar-refractivity contribution in [2.45, 2.75) is 13.0 Å². The first-order chi connectivity index (χ1) is 9.43. The average molecular weight is 303 g/mol. The summed E-state index contributed by atoms with van der Waals surface area (Å²) in [5.74, 6) is -0.913. The van der Waals surface area contributed by atoms with Crippen molar-refractivity contribution < 1.29 is 13.9 Å². The number of nitrogens with zero attached hydrogens (tertiary/aromatic N) is 1. The van der Waals surface area contributed by atoms with Gasteiger partial charge >= 0.3 is 5.97 Å². The number of halogens is 2. The summed E-state index contributed by atoms with van der Waals surface area (Å²) in [5.41, 5.74) is 0.465. The summed E-state index contributed by atoms with van der Waals surface area (Å²) in [6.07, 6.45) is 0. The van der Waals surface area contributed by atoms with Crippen molar-refractivity contribution in [1.29, 1.82) is 0 Å². The van der Waals surface area contributed by atoms with Gasteiger partial charge in [-0.05, 0) is 44.8 Å². The van der Waals surface area contributed by atoms with E-state index < -0.39 is 17.8 Å². The van der Waals surface area contributed by atoms with Crippen LogP contribution in [0.4, 0.5) is 4.39 Å². The first-order valence-electron chi connectivity index (χ1n) is 6.44. The quantitative estimate of drug-likeness (QED) is 0.784. The summed E-state index contributed by atoms with van der Waals surface area (Å²) < 4.78 is 18.4. The molecule has 1 aromatic carbocycles. The zero-order valence-corrected chi connectivity index (χ0v) is 12.7. The Morgan fingerprint density at radius 2 is 2.15 bits per heavy atom. The highest BCUT2D eigenvalue weighted by molar-refractivity contribution is 6.30. The molecule has 0 fully saturated rings. The van der Waals surface area contributed by atoms with Crippen molar-refractivity contribution in [2.75, 3.05) is 33.8 Å². The molecule has 0 aromatic heterocycles. The number of carbonyl (C=O) groups excluding carboxylic acids is 1. The summed E-state index contributed by atoms with van der Waals surface area (Å²) in [6, 6.07) is 3.33. The second kappa shape index (κ2) is 8.19. The molecule has 1 atom stereocenters. The van der Waals surface area contributed by atoms with Crippen LogP contribution in [0.1, 0.15) is 18.5 Å². The molecule has 112 valence electrons. The number of benzene rings is 1. The molecule has 0 saturated carbocycles. The second-order valence-electron chi connectivity index (χ2n) is 4.65. The van der Waals surface area contributed by atoms with Gasteiger partial charge in [0.2, 0.25) is 0 Å². The first-order valence-corrected chi connectivity index (χ1v) is 6.82. The molecule has 4 nitrogen and oxygen atoms in total. The van der Waals surface area contributed by atoms with Crippen LogP contribution in [0.3, 0.4) is 0 Å². The minimum Gasteiger partial charge on any atom is -0.465 e. The van der Waals surface area contributed by atoms with E-state index in [0.29, 0.717) is 12.1 Å². The monoisotopic (exact) mass is 302 g/mol. The SMILES string of the molecule is CCOC(=O)C(NCCN(C)C)c1cc(F)cc(Cl)c1. The molecule has 0 heterocycles. The number of nitrogens with one attached hydrogen (secondary N) is 1. The number of ether oxygens (including phenoxy) is 1. The van der Waals surface area contributed by atoms with Crippen molar-refractivity contribution in [3.05, 3.63) is 34.6 Å². The van der Waals surface area contributed by atoms with Crippen molar-refractivity contribution in [3.8, 4) is 0 Å². The molecular formula is C14H20ClFN2O2. The average Bonchev–Trinajstić information content (AvgIpc) is 2.33. The van der Waals surface area contributed by atoms with Crippen LogP contribution < -0.4 is 5.32 Å². The zero-order chi connectivity index (χ0) is 15.1. The van der Waals surface area contributed by atoms with Crippen LogP contribution in [0.15, 0.2) is 18.2 Å². The van der Waals surface area contributed by atoms with Crippen LogP contribution in [0.5, 0.6) is 0 Å². The molecule has 1 N–H and O–H groups in total. The minimum absolute atomic E-state index is 0.253. The van der Waals surface area contributed by atoms with Crippen LogP contribution in [0, 0.1) is 5.82 Å². The summed E-state index contributed by atoms with van der Waals surface area (Å²) in [5, 5.41) is 3.32. The number of carbonyl (C=O) groups is 1. The summed E-state index contributed by atoms with van der Waals surface area (Å²) in [6.45, 7) is 3.32. The van der Waals surface area contributed by atoms with E-state index in [1.54, 1.807) is 13.0 Å². The summed E-state index contributed by atoms with van der Waals surface area (Å²) in [7, 11) is 3.86. The van der Waals surface area contributed by atoms with Crippen LogP contribution in [-0.4, -0.2) is 44.7 Å². The van der Waals surface area contributed by atoms with Gasteiger partial charge in [0, 0.05) is 18.1 Å². The van der Waals surface area contributed by atoms with Gasteiger partial charge in [-0.15, -0.1) is 0 Å². The molecule has 0 aliphatic carbocycles. The Morgan fingerprint density at radius 3 is 2.70 bits per heavy atom. The van der Waals surface area contributed by atoms with E-state index in [4.69, 9.17) is 16.3 Å². The molecule has 1 aromatic rings. The summed E-state index contributed by atoms with van der Waals surface area (Å²) in [4.78, 5) is 14.0. The Morgan fingerprint density at radius 1 is 1.45 bits per heavy atom. The molecule has 0 amide bonds. The van der Waals surface area contributed by atoms with E-state index in [0.717, 1.165) is 6.54 Å². The Hall–Kier alpha value is -1.17. The van der Waals surface area contributed by atoms with E-state index in [1.165, 1.54) is 12.1 Å². The second-order valence-corrected chi connectivity index (χ2v) is 5.08. The van der Waals surface area contributed by atoms with Gasteiger partial charge in [0.05, 0.1) is 6.61 Å². The maximum Gasteiger partial charge on any atom is 0.327 e. The molecule has 6 heteroatoms. The third kappa shape index (κ3) is 5.45. The molecule has 1 unspecified atom stereocenters. The number of hydrogen-bond acceptors (Lipinski definition) is 4. The number of hydrogen-bond donors (Lipinski definition) is 1. The van der Waals surface area contributed by atoms with Crippen LogP contribution in [0.2, 0.25) is 5.02 Å². The molecule has 0 aliphatic heterocycles. The van der Waals surface area contributed by atoms with Gasteiger partial charge in [-0.1, -0.05) is 11.6 Å². The van der Waals surface area contributed by atoms with Crippen LogP contribution in [-0.2, 0) is 9.53 Å². The topological polar surface area (TPSA) is 41.6 Å². The Kier molecular flexibility index (Phi) is 6.91. The molecule has 0 spiro atoms. The molecule has 0 bridgehead atoms. The lowest BCUT2D eigenvalue weighted by atomic mass is 10.1. The fraction of sp³-hybridized carbons (Fsp3) is 0.500. The van der Waals surface area contributed by atoms with Gasteiger partial charge in [-0.2, -0.15) is 0 Å². The van der Waals surface area contributed by atoms with E-state index in [9.17, 15) is 9.18 Å². The maximum atomic E-state index is 13.4. The fourth-order valence-electron chi connectivity index (χ4n) is 1.74. The predicted octanol–water partition coefficient (Wildman–Crippen LogP) is 2.23. The number of likely N-dealkylation sites (N-methyl/N-ethyl adjacent to an activating group) is 1. The minimum atomic E-state index is -0.719. The van der Waals surface area contributed by atoms with Crippen LogP contribution in [0.25, 0.3) is 0 Å². The van der Waals surface area contributed by atoms with E-state index in [1.807, 2.05) is 19.0 Å². The largest absolute Gasteiger partial charge is 0.465 e. The molecule has 0 aliphatic rings. The third-order valence-electron chi connectivity index (χ3n) is 2.65. The van der Waals surface area contributed by atoms with Gasteiger partial charge in [0.25, 0.3) is 0 Å². The van der Waals surface area contributed by atoms with E-state index in [2.05, 4.69) is 5.32 Å². The molecular weight excluding hydrogens is 283 g/mol. The van der Waals surface area contributed by atoms with Crippen molar-refractivity contribution in [1.82, 2.24) is 10.2 Å². The predicted molar refractivity (Wildman–Crippen MR) is 77.3 cm³/mol. The Balaban J connectivity index is 2.88. The lowest BCUT2D eigenvalue weighted by Gasteiger charge is -2.19. The van der Waals surface area contributed by atoms with Gasteiger partial charge in [0.1, 0.15) is 11.9 Å². The highest BCUT2D eigenvalue weighted by atomic mass is 35.5. The number of esters is 1. The molecule has 0 radical (unpaired) electrons. The van der Waals surface area contributed by atoms with Crippen LogP contribution >= 0.6 is 11.6 Å². The Bertz CT molecular complexity index is 435. The van der Waals surface area contributed by atoms with Gasteiger partial charge < -0.3 is 9.64 Å².